The van der Waals surface area contributed by atoms with Gasteiger partial charge in [-0.1, -0.05) is 30.2 Å². The fourth-order valence-corrected chi connectivity index (χ4v) is 3.57. The molecule has 0 aromatic heterocycles. The van der Waals surface area contributed by atoms with Crippen molar-refractivity contribution in [3.05, 3.63) is 46.1 Å². The van der Waals surface area contributed by atoms with E-state index in [1.165, 1.54) is 13.5 Å². The largest absolute Gasteiger partial charge is 0.466 e. The number of methoxy groups -OCH3 is 1. The Kier molecular flexibility index (Phi) is 5.60. The first-order chi connectivity index (χ1) is 12.1. The maximum Gasteiger partial charge on any atom is 0.338 e. The van der Waals surface area contributed by atoms with Crippen molar-refractivity contribution in [2.75, 3.05) is 26.7 Å². The lowest BCUT2D eigenvalue weighted by Gasteiger charge is -2.33. The Morgan fingerprint density at radius 2 is 2.08 bits per heavy atom. The van der Waals surface area contributed by atoms with E-state index in [1.807, 2.05) is 6.07 Å². The van der Waals surface area contributed by atoms with Crippen molar-refractivity contribution in [2.45, 2.75) is 25.3 Å². The lowest BCUT2D eigenvalue weighted by Crippen LogP contribution is -2.48. The average Bonchev–Trinajstić information content (AvgIpc) is 2.61. The zero-order valence-corrected chi connectivity index (χ0v) is 14.9. The number of esters is 1. The average molecular weight is 364 g/mol. The van der Waals surface area contributed by atoms with E-state index in [9.17, 15) is 9.59 Å². The summed E-state index contributed by atoms with van der Waals surface area (Å²) in [6, 6.07) is 6.22. The van der Waals surface area contributed by atoms with Gasteiger partial charge in [-0.05, 0) is 43.6 Å². The first-order valence-corrected chi connectivity index (χ1v) is 8.83. The quantitative estimate of drug-likeness (QED) is 0.807. The Balaban J connectivity index is 1.98. The molecule has 2 amide bonds. The predicted molar refractivity (Wildman–Crippen MR) is 95.2 cm³/mol. The molecule has 2 heterocycles. The van der Waals surface area contributed by atoms with Crippen molar-refractivity contribution >= 4 is 23.6 Å². The second-order valence-electron chi connectivity index (χ2n) is 6.31. The molecule has 0 bridgehead atoms. The molecule has 25 heavy (non-hydrogen) atoms. The summed E-state index contributed by atoms with van der Waals surface area (Å²) in [5.41, 5.74) is 1.77. The molecule has 1 fully saturated rings. The second kappa shape index (κ2) is 7.89. The molecule has 3 rings (SSSR count). The summed E-state index contributed by atoms with van der Waals surface area (Å²) in [7, 11) is 1.35. The molecule has 2 N–H and O–H groups in total. The number of likely N-dealkylation sites (tertiary alicyclic amines) is 1. The highest BCUT2D eigenvalue weighted by molar-refractivity contribution is 6.30. The van der Waals surface area contributed by atoms with Gasteiger partial charge in [0.25, 0.3) is 0 Å². The summed E-state index contributed by atoms with van der Waals surface area (Å²) in [6.07, 6.45) is 3.48. The summed E-state index contributed by atoms with van der Waals surface area (Å²) >= 11 is 6.08. The van der Waals surface area contributed by atoms with Gasteiger partial charge in [-0.25, -0.2) is 9.59 Å². The van der Waals surface area contributed by atoms with Crippen LogP contribution in [-0.2, 0) is 9.53 Å². The monoisotopic (exact) mass is 363 g/mol. The van der Waals surface area contributed by atoms with Gasteiger partial charge in [0.2, 0.25) is 0 Å². The minimum absolute atomic E-state index is 0.329. The van der Waals surface area contributed by atoms with Crippen LogP contribution < -0.4 is 10.6 Å². The number of hydrogen-bond donors (Lipinski definition) is 2. The molecular formula is C18H22ClN3O3. The van der Waals surface area contributed by atoms with E-state index in [2.05, 4.69) is 15.5 Å². The van der Waals surface area contributed by atoms with E-state index in [0.29, 0.717) is 22.8 Å². The van der Waals surface area contributed by atoms with E-state index in [1.54, 1.807) is 18.2 Å². The maximum absolute atomic E-state index is 12.5. The molecule has 1 aromatic carbocycles. The third-order valence-electron chi connectivity index (χ3n) is 4.57. The van der Waals surface area contributed by atoms with E-state index in [0.717, 1.165) is 31.5 Å². The van der Waals surface area contributed by atoms with Crippen LogP contribution in [0, 0.1) is 0 Å². The molecule has 1 atom stereocenters. The molecule has 134 valence electrons. The molecule has 2 aliphatic heterocycles. The Hall–Kier alpha value is -2.05. The molecule has 0 radical (unpaired) electrons. The smallest absolute Gasteiger partial charge is 0.338 e. The second-order valence-corrected chi connectivity index (χ2v) is 6.74. The fraction of sp³-hybridized carbons (Fsp3) is 0.444. The van der Waals surface area contributed by atoms with Crippen molar-refractivity contribution in [3.63, 3.8) is 0 Å². The molecule has 7 heteroatoms. The van der Waals surface area contributed by atoms with Gasteiger partial charge in [0, 0.05) is 17.3 Å². The normalized spacial score (nSPS) is 21.5. The van der Waals surface area contributed by atoms with Gasteiger partial charge in [0.05, 0.1) is 18.7 Å². The predicted octanol–water partition coefficient (Wildman–Crippen LogP) is 2.61. The van der Waals surface area contributed by atoms with Crippen molar-refractivity contribution in [1.82, 2.24) is 15.5 Å². The van der Waals surface area contributed by atoms with Crippen LogP contribution in [0.2, 0.25) is 5.02 Å². The molecule has 0 spiro atoms. The van der Waals surface area contributed by atoms with E-state index in [-0.39, 0.29) is 6.03 Å². The van der Waals surface area contributed by atoms with Crippen LogP contribution in [0.5, 0.6) is 0 Å². The number of ether oxygens (including phenoxy) is 1. The number of hydrogen-bond acceptors (Lipinski definition) is 4. The Labute approximate surface area is 152 Å². The van der Waals surface area contributed by atoms with Gasteiger partial charge in [0.1, 0.15) is 0 Å². The molecule has 1 saturated heterocycles. The summed E-state index contributed by atoms with van der Waals surface area (Å²) in [6.45, 7) is 2.45. The summed E-state index contributed by atoms with van der Waals surface area (Å²) in [5, 5.41) is 6.15. The van der Waals surface area contributed by atoms with Crippen LogP contribution in [-0.4, -0.2) is 43.6 Å². The van der Waals surface area contributed by atoms with Crippen LogP contribution in [0.1, 0.15) is 30.9 Å². The molecule has 2 aliphatic rings. The minimum Gasteiger partial charge on any atom is -0.466 e. The highest BCUT2D eigenvalue weighted by Gasteiger charge is 2.34. The van der Waals surface area contributed by atoms with Crippen molar-refractivity contribution < 1.29 is 14.3 Å². The van der Waals surface area contributed by atoms with Crippen LogP contribution in [0.4, 0.5) is 4.79 Å². The lowest BCUT2D eigenvalue weighted by atomic mass is 9.94. The first kappa shape index (κ1) is 17.8. The maximum atomic E-state index is 12.5. The lowest BCUT2D eigenvalue weighted by molar-refractivity contribution is -0.136. The van der Waals surface area contributed by atoms with Gasteiger partial charge < -0.3 is 15.4 Å². The molecular weight excluding hydrogens is 342 g/mol. The molecule has 1 aromatic rings. The van der Waals surface area contributed by atoms with E-state index >= 15 is 0 Å². The minimum atomic E-state index is -0.584. The number of carbonyl (C=O) groups excluding carboxylic acids is 2. The SMILES string of the molecule is COC(=O)C1=C(CN2CCCCC2)NC(=O)N[C@@H]1c1cccc(Cl)c1. The summed E-state index contributed by atoms with van der Waals surface area (Å²) < 4.78 is 4.99. The number of amides is 2. The summed E-state index contributed by atoms with van der Waals surface area (Å²) in [4.78, 5) is 26.9. The van der Waals surface area contributed by atoms with E-state index in [4.69, 9.17) is 16.3 Å². The third kappa shape index (κ3) is 4.14. The number of nitrogens with one attached hydrogen (secondary N) is 2. The standard InChI is InChI=1S/C18H22ClN3O3/c1-25-17(23)15-14(11-22-8-3-2-4-9-22)20-18(24)21-16(15)12-6-5-7-13(19)10-12/h5-7,10,16H,2-4,8-9,11H2,1H3,(H2,20,21,24)/t16-/m1/s1. The zero-order valence-electron chi connectivity index (χ0n) is 14.2. The molecule has 6 nitrogen and oxygen atoms in total. The topological polar surface area (TPSA) is 70.7 Å². The zero-order chi connectivity index (χ0) is 17.8. The Bertz CT molecular complexity index is 699. The van der Waals surface area contributed by atoms with Crippen LogP contribution in [0.15, 0.2) is 35.5 Å². The van der Waals surface area contributed by atoms with Gasteiger partial charge in [-0.3, -0.25) is 4.90 Å². The van der Waals surface area contributed by atoms with Crippen LogP contribution in [0.25, 0.3) is 0 Å². The van der Waals surface area contributed by atoms with Gasteiger partial charge >= 0.3 is 12.0 Å². The van der Waals surface area contributed by atoms with Gasteiger partial charge in [0.15, 0.2) is 0 Å². The molecule has 0 saturated carbocycles. The fourth-order valence-electron chi connectivity index (χ4n) is 3.37. The number of rotatable bonds is 4. The highest BCUT2D eigenvalue weighted by Crippen LogP contribution is 2.29. The number of urea groups is 1. The number of carbonyl (C=O) groups is 2. The van der Waals surface area contributed by atoms with Crippen molar-refractivity contribution in [3.8, 4) is 0 Å². The summed E-state index contributed by atoms with van der Waals surface area (Å²) in [5.74, 6) is -0.454. The third-order valence-corrected chi connectivity index (χ3v) is 4.81. The van der Waals surface area contributed by atoms with Crippen molar-refractivity contribution in [1.29, 1.82) is 0 Å². The van der Waals surface area contributed by atoms with Gasteiger partial charge in [-0.2, -0.15) is 0 Å². The number of piperidine rings is 1. The van der Waals surface area contributed by atoms with E-state index < -0.39 is 12.0 Å². The van der Waals surface area contributed by atoms with Gasteiger partial charge in [-0.15, -0.1) is 0 Å². The number of nitrogens with zero attached hydrogens (tertiary/aromatic N) is 1. The Morgan fingerprint density at radius 1 is 1.32 bits per heavy atom. The molecule has 0 aliphatic carbocycles. The van der Waals surface area contributed by atoms with Crippen LogP contribution in [0.3, 0.4) is 0 Å². The first-order valence-electron chi connectivity index (χ1n) is 8.45. The molecule has 0 unspecified atom stereocenters. The van der Waals surface area contributed by atoms with Crippen molar-refractivity contribution in [2.24, 2.45) is 0 Å². The Morgan fingerprint density at radius 3 is 2.76 bits per heavy atom. The van der Waals surface area contributed by atoms with Crippen LogP contribution >= 0.6 is 11.6 Å². The number of halogens is 1. The highest BCUT2D eigenvalue weighted by atomic mass is 35.5. The number of benzene rings is 1.